The summed E-state index contributed by atoms with van der Waals surface area (Å²) in [5, 5.41) is 3.05. The predicted octanol–water partition coefficient (Wildman–Crippen LogP) is 2.45. The normalized spacial score (nSPS) is 17.4. The van der Waals surface area contributed by atoms with Crippen molar-refractivity contribution in [2.45, 2.75) is 32.6 Å². The third-order valence-corrected chi connectivity index (χ3v) is 4.95. The van der Waals surface area contributed by atoms with Crippen LogP contribution in [0.2, 0.25) is 0 Å². The van der Waals surface area contributed by atoms with Crippen LogP contribution in [0.25, 0.3) is 0 Å². The largest absolute Gasteiger partial charge is 0.373 e. The number of aromatic nitrogens is 2. The van der Waals surface area contributed by atoms with E-state index in [-0.39, 0.29) is 22.9 Å². The maximum atomic E-state index is 12.9. The number of carbonyl (C=O) groups is 1. The number of hydrogen-bond donors (Lipinski definition) is 2. The molecule has 1 saturated heterocycles. The number of rotatable bonds is 3. The van der Waals surface area contributed by atoms with Crippen molar-refractivity contribution in [2.24, 2.45) is 0 Å². The molecular weight excluding hydrogens is 316 g/mol. The van der Waals surface area contributed by atoms with Gasteiger partial charge in [-0.1, -0.05) is 0 Å². The Balaban J connectivity index is 1.82. The Morgan fingerprint density at radius 2 is 2.16 bits per heavy atom. The highest BCUT2D eigenvalue weighted by Gasteiger charge is 2.27. The molecule has 3 rings (SSSR count). The number of piperidine rings is 1. The van der Waals surface area contributed by atoms with Crippen molar-refractivity contribution in [3.8, 4) is 0 Å². The van der Waals surface area contributed by atoms with Crippen LogP contribution in [0.3, 0.4) is 0 Å². The third-order valence-electron chi connectivity index (χ3n) is 4.95. The van der Waals surface area contributed by atoms with Crippen molar-refractivity contribution in [3.63, 3.8) is 0 Å². The second-order valence-corrected chi connectivity index (χ2v) is 6.63. The number of nitrogens with one attached hydrogen (secondary N) is 2. The van der Waals surface area contributed by atoms with E-state index in [1.807, 2.05) is 33.0 Å². The maximum Gasteiger partial charge on any atom is 0.261 e. The Kier molecular flexibility index (Phi) is 4.88. The van der Waals surface area contributed by atoms with E-state index in [1.165, 1.54) is 5.56 Å². The van der Waals surface area contributed by atoms with Crippen LogP contribution in [0.4, 0.5) is 5.82 Å². The summed E-state index contributed by atoms with van der Waals surface area (Å²) in [4.78, 5) is 33.9. The molecule has 0 saturated carbocycles. The minimum atomic E-state index is -0.309. The monoisotopic (exact) mass is 340 g/mol. The number of carbonyl (C=O) groups excluding carboxylic acids is 1. The van der Waals surface area contributed by atoms with Crippen molar-refractivity contribution < 1.29 is 4.79 Å². The summed E-state index contributed by atoms with van der Waals surface area (Å²) in [5.41, 5.74) is 2.82. The number of aryl methyl sites for hydroxylation is 2. The van der Waals surface area contributed by atoms with Gasteiger partial charge in [0.15, 0.2) is 0 Å². The molecule has 1 fully saturated rings. The lowest BCUT2D eigenvalue weighted by atomic mass is 9.91. The van der Waals surface area contributed by atoms with Crippen molar-refractivity contribution in [2.75, 3.05) is 25.5 Å². The lowest BCUT2D eigenvalue weighted by Gasteiger charge is -2.33. The zero-order valence-electron chi connectivity index (χ0n) is 14.9. The molecule has 3 heterocycles. The molecule has 25 heavy (non-hydrogen) atoms. The van der Waals surface area contributed by atoms with Crippen LogP contribution in [0.5, 0.6) is 0 Å². The zero-order chi connectivity index (χ0) is 18.0. The van der Waals surface area contributed by atoms with Gasteiger partial charge in [-0.2, -0.15) is 0 Å². The molecule has 6 heteroatoms. The lowest BCUT2D eigenvalue weighted by Crippen LogP contribution is -2.41. The Bertz CT molecular complexity index is 844. The second-order valence-electron chi connectivity index (χ2n) is 6.63. The van der Waals surface area contributed by atoms with Gasteiger partial charge in [-0.15, -0.1) is 0 Å². The van der Waals surface area contributed by atoms with E-state index in [2.05, 4.69) is 15.3 Å². The number of aromatic amines is 1. The average molecular weight is 340 g/mol. The van der Waals surface area contributed by atoms with E-state index in [0.29, 0.717) is 13.1 Å². The Morgan fingerprint density at radius 3 is 2.92 bits per heavy atom. The molecule has 6 nitrogen and oxygen atoms in total. The summed E-state index contributed by atoms with van der Waals surface area (Å²) in [7, 11) is 1.84. The van der Waals surface area contributed by atoms with Gasteiger partial charge in [-0.05, 0) is 56.0 Å². The predicted molar refractivity (Wildman–Crippen MR) is 98.2 cm³/mol. The number of nitrogens with zero attached hydrogens (tertiary/aromatic N) is 2. The number of H-pyrrole nitrogens is 1. The fraction of sp³-hybridized carbons (Fsp3) is 0.421. The molecule has 0 unspecified atom stereocenters. The summed E-state index contributed by atoms with van der Waals surface area (Å²) in [6, 6.07) is 5.73. The van der Waals surface area contributed by atoms with Gasteiger partial charge in [0.05, 0.1) is 0 Å². The van der Waals surface area contributed by atoms with E-state index in [0.717, 1.165) is 29.9 Å². The van der Waals surface area contributed by atoms with Crippen LogP contribution in [0, 0.1) is 13.8 Å². The van der Waals surface area contributed by atoms with Crippen LogP contribution in [0.1, 0.15) is 45.9 Å². The van der Waals surface area contributed by atoms with Gasteiger partial charge in [0.25, 0.3) is 11.5 Å². The molecule has 0 aliphatic carbocycles. The van der Waals surface area contributed by atoms with Gasteiger partial charge in [-0.25, -0.2) is 4.98 Å². The molecule has 0 bridgehead atoms. The zero-order valence-corrected chi connectivity index (χ0v) is 14.9. The molecule has 1 aliphatic heterocycles. The molecule has 1 amide bonds. The quantitative estimate of drug-likeness (QED) is 0.900. The van der Waals surface area contributed by atoms with E-state index >= 15 is 0 Å². The summed E-state index contributed by atoms with van der Waals surface area (Å²) in [6.45, 7) is 5.05. The summed E-state index contributed by atoms with van der Waals surface area (Å²) >= 11 is 0. The SMILES string of the molecule is CNc1cc([C@H]2CCCN(C(=O)c3cc(C)c(C)[nH]c3=O)C2)ccn1. The van der Waals surface area contributed by atoms with Crippen LogP contribution < -0.4 is 10.9 Å². The number of pyridine rings is 2. The van der Waals surface area contributed by atoms with Crippen molar-refractivity contribution in [1.82, 2.24) is 14.9 Å². The molecule has 132 valence electrons. The van der Waals surface area contributed by atoms with Crippen molar-refractivity contribution >= 4 is 11.7 Å². The highest BCUT2D eigenvalue weighted by atomic mass is 16.2. The number of hydrogen-bond acceptors (Lipinski definition) is 4. The highest BCUT2D eigenvalue weighted by molar-refractivity contribution is 5.94. The number of amides is 1. The van der Waals surface area contributed by atoms with E-state index in [1.54, 1.807) is 17.2 Å². The molecule has 1 aliphatic rings. The van der Waals surface area contributed by atoms with Crippen LogP contribution in [-0.2, 0) is 0 Å². The van der Waals surface area contributed by atoms with Gasteiger partial charge in [-0.3, -0.25) is 9.59 Å². The van der Waals surface area contributed by atoms with Crippen LogP contribution in [-0.4, -0.2) is 40.9 Å². The lowest BCUT2D eigenvalue weighted by molar-refractivity contribution is 0.0705. The van der Waals surface area contributed by atoms with Gasteiger partial charge < -0.3 is 15.2 Å². The standard InChI is InChI=1S/C19H24N4O2/c1-12-9-16(18(24)22-13(12)2)19(25)23-8-4-5-15(11-23)14-6-7-21-17(10-14)20-3/h6-7,9-10,15H,4-5,8,11H2,1-3H3,(H,20,21)(H,22,24)/t15-/m0/s1. The first kappa shape index (κ1) is 17.2. The fourth-order valence-electron chi connectivity index (χ4n) is 3.33. The average Bonchev–Trinajstić information content (AvgIpc) is 2.64. The number of anilines is 1. The second kappa shape index (κ2) is 7.09. The molecule has 2 aromatic heterocycles. The van der Waals surface area contributed by atoms with Gasteiger partial charge >= 0.3 is 0 Å². The van der Waals surface area contributed by atoms with Crippen LogP contribution in [0.15, 0.2) is 29.2 Å². The molecule has 0 aromatic carbocycles. The Hall–Kier alpha value is -2.63. The van der Waals surface area contributed by atoms with Crippen molar-refractivity contribution in [3.05, 3.63) is 57.1 Å². The molecule has 2 aromatic rings. The molecule has 0 spiro atoms. The minimum Gasteiger partial charge on any atom is -0.373 e. The maximum absolute atomic E-state index is 12.9. The summed E-state index contributed by atoms with van der Waals surface area (Å²) in [6.07, 6.45) is 3.74. The molecule has 0 radical (unpaired) electrons. The fourth-order valence-corrected chi connectivity index (χ4v) is 3.33. The van der Waals surface area contributed by atoms with E-state index in [4.69, 9.17) is 0 Å². The van der Waals surface area contributed by atoms with E-state index in [9.17, 15) is 9.59 Å². The third kappa shape index (κ3) is 3.57. The minimum absolute atomic E-state index is 0.183. The molecule has 1 atom stereocenters. The first-order valence-corrected chi connectivity index (χ1v) is 8.63. The Morgan fingerprint density at radius 1 is 1.36 bits per heavy atom. The molecular formula is C19H24N4O2. The Labute approximate surface area is 147 Å². The first-order valence-electron chi connectivity index (χ1n) is 8.63. The summed E-state index contributed by atoms with van der Waals surface area (Å²) < 4.78 is 0. The van der Waals surface area contributed by atoms with Gasteiger partial charge in [0.1, 0.15) is 11.4 Å². The van der Waals surface area contributed by atoms with Crippen molar-refractivity contribution in [1.29, 1.82) is 0 Å². The number of likely N-dealkylation sites (tertiary alicyclic amines) is 1. The first-order chi connectivity index (χ1) is 12.0. The summed E-state index contributed by atoms with van der Waals surface area (Å²) in [5.74, 6) is 0.905. The topological polar surface area (TPSA) is 78.1 Å². The smallest absolute Gasteiger partial charge is 0.261 e. The highest BCUT2D eigenvalue weighted by Crippen LogP contribution is 2.28. The van der Waals surface area contributed by atoms with E-state index < -0.39 is 0 Å². The van der Waals surface area contributed by atoms with Crippen LogP contribution >= 0.6 is 0 Å². The van der Waals surface area contributed by atoms with Gasteiger partial charge in [0, 0.05) is 37.9 Å². The van der Waals surface area contributed by atoms with Gasteiger partial charge in [0.2, 0.25) is 0 Å². The molecule has 2 N–H and O–H groups in total.